The largest absolute Gasteiger partial charge is 0.490 e. The number of ether oxygens (including phenoxy) is 2. The van der Waals surface area contributed by atoms with E-state index in [1.54, 1.807) is 6.20 Å². The average molecular weight is 365 g/mol. The number of hydrogen-bond donors (Lipinski definition) is 1. The predicted molar refractivity (Wildman–Crippen MR) is 104 cm³/mol. The first-order valence-electron chi connectivity index (χ1n) is 9.21. The van der Waals surface area contributed by atoms with Gasteiger partial charge in [0.05, 0.1) is 13.2 Å². The van der Waals surface area contributed by atoms with E-state index in [1.807, 2.05) is 42.7 Å². The molecule has 0 unspecified atom stereocenters. The van der Waals surface area contributed by atoms with Crippen molar-refractivity contribution in [1.29, 1.82) is 0 Å². The Labute approximate surface area is 158 Å². The molecular weight excluding hydrogens is 342 g/mol. The van der Waals surface area contributed by atoms with Crippen molar-refractivity contribution in [2.45, 2.75) is 6.54 Å². The lowest BCUT2D eigenvalue weighted by molar-refractivity contribution is 0.122. The summed E-state index contributed by atoms with van der Waals surface area (Å²) in [5, 5.41) is 4.44. The number of nitrogens with zero attached hydrogens (tertiary/aromatic N) is 4. The molecule has 1 N–H and O–H groups in total. The molecule has 1 saturated heterocycles. The molecule has 0 bridgehead atoms. The lowest BCUT2D eigenvalue weighted by Crippen LogP contribution is -2.37. The average Bonchev–Trinajstić information content (AvgIpc) is 2.75. The lowest BCUT2D eigenvalue weighted by Gasteiger charge is -2.26. The van der Waals surface area contributed by atoms with Gasteiger partial charge < -0.3 is 19.7 Å². The third-order valence-corrected chi connectivity index (χ3v) is 4.45. The van der Waals surface area contributed by atoms with Gasteiger partial charge in [-0.3, -0.25) is 4.98 Å². The molecular formula is C20H23N5O2. The molecule has 27 heavy (non-hydrogen) atoms. The molecule has 0 amide bonds. The smallest absolute Gasteiger partial charge is 0.225 e. The first-order valence-corrected chi connectivity index (χ1v) is 9.21. The van der Waals surface area contributed by atoms with E-state index < -0.39 is 0 Å². The van der Waals surface area contributed by atoms with Crippen LogP contribution in [0.15, 0.2) is 48.9 Å². The summed E-state index contributed by atoms with van der Waals surface area (Å²) >= 11 is 0. The zero-order chi connectivity index (χ0) is 18.3. The van der Waals surface area contributed by atoms with Gasteiger partial charge in [-0.1, -0.05) is 18.2 Å². The number of fused-ring (bicyclic) bond motifs is 1. The van der Waals surface area contributed by atoms with E-state index in [-0.39, 0.29) is 0 Å². The van der Waals surface area contributed by atoms with Crippen molar-refractivity contribution in [3.05, 3.63) is 54.5 Å². The molecule has 3 heterocycles. The van der Waals surface area contributed by atoms with E-state index in [2.05, 4.69) is 25.2 Å². The molecule has 3 aromatic rings. The van der Waals surface area contributed by atoms with Gasteiger partial charge in [0.1, 0.15) is 17.9 Å². The van der Waals surface area contributed by atoms with Crippen molar-refractivity contribution >= 4 is 16.9 Å². The summed E-state index contributed by atoms with van der Waals surface area (Å²) in [6.07, 6.45) is 5.54. The maximum absolute atomic E-state index is 5.88. The highest BCUT2D eigenvalue weighted by atomic mass is 16.5. The quantitative estimate of drug-likeness (QED) is 0.642. The van der Waals surface area contributed by atoms with Gasteiger partial charge in [0.15, 0.2) is 0 Å². The van der Waals surface area contributed by atoms with Gasteiger partial charge in [0, 0.05) is 55.7 Å². The second kappa shape index (κ2) is 8.75. The molecule has 140 valence electrons. The second-order valence-corrected chi connectivity index (χ2v) is 6.35. The minimum Gasteiger partial charge on any atom is -0.490 e. The van der Waals surface area contributed by atoms with Gasteiger partial charge in [0.2, 0.25) is 5.95 Å². The Morgan fingerprint density at radius 2 is 1.85 bits per heavy atom. The van der Waals surface area contributed by atoms with Crippen LogP contribution >= 0.6 is 0 Å². The fourth-order valence-corrected chi connectivity index (χ4v) is 3.02. The number of hydrogen-bond acceptors (Lipinski definition) is 7. The van der Waals surface area contributed by atoms with Crippen molar-refractivity contribution in [3.8, 4) is 5.75 Å². The third kappa shape index (κ3) is 4.50. The van der Waals surface area contributed by atoms with Gasteiger partial charge in [-0.05, 0) is 12.1 Å². The first-order chi connectivity index (χ1) is 13.4. The van der Waals surface area contributed by atoms with E-state index in [9.17, 15) is 0 Å². The fraction of sp³-hybridized carbons (Fsp3) is 0.350. The molecule has 0 saturated carbocycles. The highest BCUT2D eigenvalue weighted by molar-refractivity contribution is 5.84. The minimum absolute atomic E-state index is 0.572. The van der Waals surface area contributed by atoms with E-state index in [4.69, 9.17) is 9.47 Å². The van der Waals surface area contributed by atoms with Crippen LogP contribution in [-0.2, 0) is 11.3 Å². The van der Waals surface area contributed by atoms with Crippen LogP contribution in [0.1, 0.15) is 5.56 Å². The van der Waals surface area contributed by atoms with Gasteiger partial charge in [-0.25, -0.2) is 9.97 Å². The SMILES string of the molecule is c1cnc2c(OCCNCc3cnc(N4CCOCC4)nc3)cccc2c1. The summed E-state index contributed by atoms with van der Waals surface area (Å²) in [7, 11) is 0. The van der Waals surface area contributed by atoms with Gasteiger partial charge in [-0.2, -0.15) is 0 Å². The molecule has 0 atom stereocenters. The van der Waals surface area contributed by atoms with Crippen LogP contribution in [0.3, 0.4) is 0 Å². The number of benzene rings is 1. The zero-order valence-electron chi connectivity index (χ0n) is 15.2. The van der Waals surface area contributed by atoms with Crippen LogP contribution in [0.5, 0.6) is 5.75 Å². The van der Waals surface area contributed by atoms with Gasteiger partial charge in [0.25, 0.3) is 0 Å². The van der Waals surface area contributed by atoms with Crippen LogP contribution in [0.2, 0.25) is 0 Å². The van der Waals surface area contributed by atoms with Crippen LogP contribution < -0.4 is 15.0 Å². The fourth-order valence-electron chi connectivity index (χ4n) is 3.02. The number of morpholine rings is 1. The van der Waals surface area contributed by atoms with E-state index in [0.717, 1.165) is 61.0 Å². The van der Waals surface area contributed by atoms with Gasteiger partial charge >= 0.3 is 0 Å². The number of aromatic nitrogens is 3. The Bertz CT molecular complexity index is 860. The van der Waals surface area contributed by atoms with Crippen LogP contribution in [0, 0.1) is 0 Å². The molecule has 0 spiro atoms. The molecule has 7 nitrogen and oxygen atoms in total. The zero-order valence-corrected chi connectivity index (χ0v) is 15.2. The summed E-state index contributed by atoms with van der Waals surface area (Å²) in [6, 6.07) is 9.94. The first kappa shape index (κ1) is 17.6. The lowest BCUT2D eigenvalue weighted by atomic mass is 10.2. The maximum Gasteiger partial charge on any atom is 0.225 e. The Morgan fingerprint density at radius 1 is 1.04 bits per heavy atom. The second-order valence-electron chi connectivity index (χ2n) is 6.35. The standard InChI is InChI=1S/C20H23N5O2/c1-3-17-4-2-6-22-19(17)18(5-1)27-10-7-21-13-16-14-23-20(24-15-16)25-8-11-26-12-9-25/h1-6,14-15,21H,7-13H2. The van der Waals surface area contributed by atoms with Crippen molar-refractivity contribution in [2.75, 3.05) is 44.4 Å². The number of rotatable bonds is 7. The van der Waals surface area contributed by atoms with E-state index in [1.165, 1.54) is 0 Å². The van der Waals surface area contributed by atoms with Crippen molar-refractivity contribution in [1.82, 2.24) is 20.3 Å². The molecule has 0 aliphatic carbocycles. The van der Waals surface area contributed by atoms with Crippen molar-refractivity contribution < 1.29 is 9.47 Å². The number of nitrogens with one attached hydrogen (secondary N) is 1. The molecule has 7 heteroatoms. The summed E-state index contributed by atoms with van der Waals surface area (Å²) in [6.45, 7) is 5.17. The minimum atomic E-state index is 0.572. The molecule has 4 rings (SSSR count). The maximum atomic E-state index is 5.88. The van der Waals surface area contributed by atoms with Crippen molar-refractivity contribution in [3.63, 3.8) is 0 Å². The van der Waals surface area contributed by atoms with Gasteiger partial charge in [-0.15, -0.1) is 0 Å². The van der Waals surface area contributed by atoms with E-state index in [0.29, 0.717) is 13.2 Å². The summed E-state index contributed by atoms with van der Waals surface area (Å²) < 4.78 is 11.2. The van der Waals surface area contributed by atoms with Crippen molar-refractivity contribution in [2.24, 2.45) is 0 Å². The Balaban J connectivity index is 1.23. The number of anilines is 1. The number of pyridine rings is 1. The highest BCUT2D eigenvalue weighted by Crippen LogP contribution is 2.22. The van der Waals surface area contributed by atoms with Crippen LogP contribution in [-0.4, -0.2) is 54.4 Å². The Hall–Kier alpha value is -2.77. The van der Waals surface area contributed by atoms with Crippen LogP contribution in [0.25, 0.3) is 10.9 Å². The summed E-state index contributed by atoms with van der Waals surface area (Å²) in [5.41, 5.74) is 1.95. The molecule has 0 radical (unpaired) electrons. The predicted octanol–water partition coefficient (Wildman–Crippen LogP) is 2.03. The number of para-hydroxylation sites is 1. The molecule has 1 aromatic carbocycles. The van der Waals surface area contributed by atoms with E-state index >= 15 is 0 Å². The normalized spacial score (nSPS) is 14.4. The molecule has 1 fully saturated rings. The molecule has 2 aromatic heterocycles. The highest BCUT2D eigenvalue weighted by Gasteiger charge is 2.13. The Morgan fingerprint density at radius 3 is 2.70 bits per heavy atom. The Kier molecular flexibility index (Phi) is 5.71. The summed E-state index contributed by atoms with van der Waals surface area (Å²) in [4.78, 5) is 15.5. The molecule has 1 aliphatic rings. The molecule has 1 aliphatic heterocycles. The van der Waals surface area contributed by atoms with Crippen LogP contribution in [0.4, 0.5) is 5.95 Å². The third-order valence-electron chi connectivity index (χ3n) is 4.45. The topological polar surface area (TPSA) is 72.4 Å². The monoisotopic (exact) mass is 365 g/mol. The summed E-state index contributed by atoms with van der Waals surface area (Å²) in [5.74, 6) is 1.59.